The highest BCUT2D eigenvalue weighted by molar-refractivity contribution is 6.13. The van der Waals surface area contributed by atoms with Crippen LogP contribution in [0.1, 0.15) is 25.3 Å². The van der Waals surface area contributed by atoms with Gasteiger partial charge >= 0.3 is 0 Å². The van der Waals surface area contributed by atoms with E-state index in [0.29, 0.717) is 17.5 Å². The standard InChI is InChI=1S/C42H31N3O/c1-2-13-29-14-9-10-19-34(29)30-24-22-28(23-25-30)33-26-36(39-35-20-11-12-21-37(35)46-38(39)27-33)42-44-40(31-15-5-3-6-16-31)43-41(45-42)32-17-7-4-8-18-32/h2-8,10-13,15-27H,9,14H2,1H3/b13-2-. The largest absolute Gasteiger partial charge is 0.456 e. The van der Waals surface area contributed by atoms with E-state index in [0.717, 1.165) is 62.6 Å². The van der Waals surface area contributed by atoms with Gasteiger partial charge in [0.25, 0.3) is 0 Å². The third kappa shape index (κ3) is 5.14. The van der Waals surface area contributed by atoms with Crippen molar-refractivity contribution < 1.29 is 4.42 Å². The summed E-state index contributed by atoms with van der Waals surface area (Å²) >= 11 is 0. The minimum Gasteiger partial charge on any atom is -0.456 e. The molecule has 220 valence electrons. The van der Waals surface area contributed by atoms with Crippen molar-refractivity contribution in [2.75, 3.05) is 0 Å². The van der Waals surface area contributed by atoms with Gasteiger partial charge in [-0.25, -0.2) is 15.0 Å². The number of fused-ring (bicyclic) bond motifs is 3. The van der Waals surface area contributed by atoms with Crippen LogP contribution in [0.2, 0.25) is 0 Å². The van der Waals surface area contributed by atoms with Gasteiger partial charge in [0.2, 0.25) is 0 Å². The smallest absolute Gasteiger partial charge is 0.164 e. The van der Waals surface area contributed by atoms with Gasteiger partial charge in [0.1, 0.15) is 11.2 Å². The second kappa shape index (κ2) is 11.9. The first-order valence-corrected chi connectivity index (χ1v) is 15.7. The maximum Gasteiger partial charge on any atom is 0.164 e. The number of furan rings is 1. The predicted molar refractivity (Wildman–Crippen MR) is 189 cm³/mol. The molecule has 0 saturated carbocycles. The van der Waals surface area contributed by atoms with Gasteiger partial charge in [-0.15, -0.1) is 0 Å². The van der Waals surface area contributed by atoms with Gasteiger partial charge in [0.05, 0.1) is 0 Å². The number of allylic oxidation sites excluding steroid dienone is 6. The van der Waals surface area contributed by atoms with E-state index in [9.17, 15) is 0 Å². The summed E-state index contributed by atoms with van der Waals surface area (Å²) in [5.74, 6) is 1.87. The lowest BCUT2D eigenvalue weighted by molar-refractivity contribution is 0.669. The number of nitrogens with zero attached hydrogens (tertiary/aromatic N) is 3. The zero-order valence-electron chi connectivity index (χ0n) is 25.5. The van der Waals surface area contributed by atoms with E-state index in [2.05, 4.69) is 73.7 Å². The first kappa shape index (κ1) is 27.7. The summed E-state index contributed by atoms with van der Waals surface area (Å²) in [6.07, 6.45) is 11.0. The van der Waals surface area contributed by atoms with Crippen LogP contribution in [-0.2, 0) is 0 Å². The van der Waals surface area contributed by atoms with Crippen LogP contribution in [-0.4, -0.2) is 15.0 Å². The molecule has 2 aromatic heterocycles. The van der Waals surface area contributed by atoms with Gasteiger partial charge < -0.3 is 4.42 Å². The number of rotatable bonds is 6. The van der Waals surface area contributed by atoms with E-state index in [1.165, 1.54) is 16.7 Å². The molecule has 2 heterocycles. The number of benzene rings is 5. The molecule has 4 nitrogen and oxygen atoms in total. The van der Waals surface area contributed by atoms with Crippen molar-refractivity contribution in [2.24, 2.45) is 0 Å². The van der Waals surface area contributed by atoms with Gasteiger partial charge in [-0.05, 0) is 65.8 Å². The van der Waals surface area contributed by atoms with Crippen molar-refractivity contribution in [3.05, 3.63) is 157 Å². The van der Waals surface area contributed by atoms with Crippen LogP contribution in [0.15, 0.2) is 156 Å². The van der Waals surface area contributed by atoms with Gasteiger partial charge in [-0.2, -0.15) is 0 Å². The summed E-state index contributed by atoms with van der Waals surface area (Å²) < 4.78 is 6.47. The van der Waals surface area contributed by atoms with Crippen LogP contribution >= 0.6 is 0 Å². The highest BCUT2D eigenvalue weighted by atomic mass is 16.3. The summed E-state index contributed by atoms with van der Waals surface area (Å²) in [5.41, 5.74) is 10.4. The Morgan fingerprint density at radius 3 is 1.91 bits per heavy atom. The molecule has 0 saturated heterocycles. The Bertz CT molecular complexity index is 2240. The molecule has 0 atom stereocenters. The first-order chi connectivity index (χ1) is 22.7. The summed E-state index contributed by atoms with van der Waals surface area (Å²) in [7, 11) is 0. The van der Waals surface area contributed by atoms with E-state index >= 15 is 0 Å². The average molecular weight is 594 g/mol. The Hall–Kier alpha value is -5.87. The first-order valence-electron chi connectivity index (χ1n) is 15.7. The Kier molecular flexibility index (Phi) is 7.16. The molecule has 0 fully saturated rings. The lowest BCUT2D eigenvalue weighted by Gasteiger charge is -2.14. The molecule has 8 rings (SSSR count). The second-order valence-electron chi connectivity index (χ2n) is 11.5. The zero-order valence-corrected chi connectivity index (χ0v) is 25.5. The molecule has 0 N–H and O–H groups in total. The highest BCUT2D eigenvalue weighted by Crippen LogP contribution is 2.40. The Balaban J connectivity index is 1.33. The molecule has 7 aromatic rings. The van der Waals surface area contributed by atoms with Crippen molar-refractivity contribution in [3.8, 4) is 45.3 Å². The number of para-hydroxylation sites is 1. The Morgan fingerprint density at radius 1 is 0.587 bits per heavy atom. The van der Waals surface area contributed by atoms with Crippen LogP contribution in [0.5, 0.6) is 0 Å². The van der Waals surface area contributed by atoms with Crippen LogP contribution in [0.3, 0.4) is 0 Å². The Morgan fingerprint density at radius 2 is 1.22 bits per heavy atom. The van der Waals surface area contributed by atoms with E-state index < -0.39 is 0 Å². The van der Waals surface area contributed by atoms with E-state index in [1.807, 2.05) is 78.9 Å². The lowest BCUT2D eigenvalue weighted by atomic mass is 9.90. The summed E-state index contributed by atoms with van der Waals surface area (Å²) in [4.78, 5) is 15.1. The molecule has 4 heteroatoms. The van der Waals surface area contributed by atoms with Gasteiger partial charge in [0, 0.05) is 27.5 Å². The number of hydrogen-bond donors (Lipinski definition) is 0. The molecule has 0 aliphatic heterocycles. The van der Waals surface area contributed by atoms with Crippen LogP contribution < -0.4 is 0 Å². The summed E-state index contributed by atoms with van der Waals surface area (Å²) in [6.45, 7) is 2.08. The van der Waals surface area contributed by atoms with Crippen LogP contribution in [0, 0.1) is 0 Å². The van der Waals surface area contributed by atoms with E-state index in [4.69, 9.17) is 19.4 Å². The highest BCUT2D eigenvalue weighted by Gasteiger charge is 2.20. The van der Waals surface area contributed by atoms with Gasteiger partial charge in [0.15, 0.2) is 17.5 Å². The maximum atomic E-state index is 6.47. The minimum atomic E-state index is 0.608. The van der Waals surface area contributed by atoms with Crippen molar-refractivity contribution in [2.45, 2.75) is 19.8 Å². The average Bonchev–Trinajstić information content (AvgIpc) is 3.51. The van der Waals surface area contributed by atoms with E-state index in [1.54, 1.807) is 0 Å². The van der Waals surface area contributed by atoms with Crippen molar-refractivity contribution in [3.63, 3.8) is 0 Å². The third-order valence-electron chi connectivity index (χ3n) is 8.53. The molecule has 5 aromatic carbocycles. The second-order valence-corrected chi connectivity index (χ2v) is 11.5. The SMILES string of the molecule is C/C=C\C1=C(c2ccc(-c3cc(-c4nc(-c5ccccc5)nc(-c5ccccc5)n4)c4c(c3)oc3ccccc34)cc2)C=CCC1. The molecule has 1 aliphatic rings. The van der Waals surface area contributed by atoms with Crippen LogP contribution in [0.25, 0.3) is 72.8 Å². The van der Waals surface area contributed by atoms with Crippen LogP contribution in [0.4, 0.5) is 0 Å². The predicted octanol–water partition coefficient (Wildman–Crippen LogP) is 11.1. The summed E-state index contributed by atoms with van der Waals surface area (Å²) in [5, 5.41) is 2.03. The maximum absolute atomic E-state index is 6.47. The fraction of sp³-hybridized carbons (Fsp3) is 0.0714. The van der Waals surface area contributed by atoms with Gasteiger partial charge in [-0.3, -0.25) is 0 Å². The van der Waals surface area contributed by atoms with Crippen molar-refractivity contribution >= 4 is 27.5 Å². The fourth-order valence-electron chi connectivity index (χ4n) is 6.31. The molecule has 0 spiro atoms. The topological polar surface area (TPSA) is 51.8 Å². The molecular formula is C42H31N3O. The lowest BCUT2D eigenvalue weighted by Crippen LogP contribution is -2.00. The molecule has 0 unspecified atom stereocenters. The molecule has 0 bridgehead atoms. The van der Waals surface area contributed by atoms with Crippen molar-refractivity contribution in [1.29, 1.82) is 0 Å². The molecular weight excluding hydrogens is 562 g/mol. The fourth-order valence-corrected chi connectivity index (χ4v) is 6.31. The molecule has 1 aliphatic carbocycles. The summed E-state index contributed by atoms with van der Waals surface area (Å²) in [6, 6.07) is 41.5. The Labute approximate surface area is 268 Å². The van der Waals surface area contributed by atoms with Gasteiger partial charge in [-0.1, -0.05) is 127 Å². The molecule has 0 amide bonds. The monoisotopic (exact) mass is 593 g/mol. The number of hydrogen-bond acceptors (Lipinski definition) is 4. The minimum absolute atomic E-state index is 0.608. The van der Waals surface area contributed by atoms with Crippen molar-refractivity contribution in [1.82, 2.24) is 15.0 Å². The third-order valence-corrected chi connectivity index (χ3v) is 8.53. The normalized spacial score (nSPS) is 13.3. The quantitative estimate of drug-likeness (QED) is 0.192. The molecule has 46 heavy (non-hydrogen) atoms. The molecule has 0 radical (unpaired) electrons. The zero-order chi connectivity index (χ0) is 30.9. The van der Waals surface area contributed by atoms with E-state index in [-0.39, 0.29) is 0 Å². The number of aromatic nitrogens is 3.